The van der Waals surface area contributed by atoms with Crippen molar-refractivity contribution in [3.8, 4) is 0 Å². The summed E-state index contributed by atoms with van der Waals surface area (Å²) in [7, 11) is 2.11. The molecule has 1 N–H and O–H groups in total. The van der Waals surface area contributed by atoms with Crippen LogP contribution < -0.4 is 5.32 Å². The van der Waals surface area contributed by atoms with Crippen LogP contribution in [-0.4, -0.2) is 44.2 Å². The average Bonchev–Trinajstić information content (AvgIpc) is 3.03. The summed E-state index contributed by atoms with van der Waals surface area (Å²) in [5.74, 6) is 1.59. The molecule has 2 rings (SSSR count). The number of benzene rings is 1. The van der Waals surface area contributed by atoms with Gasteiger partial charge in [0.05, 0.1) is 13.2 Å². The number of nitrogens with one attached hydrogen (secondary N) is 1. The van der Waals surface area contributed by atoms with Crippen LogP contribution in [0.25, 0.3) is 0 Å². The van der Waals surface area contributed by atoms with Crippen molar-refractivity contribution >= 4 is 5.96 Å². The van der Waals surface area contributed by atoms with Crippen molar-refractivity contribution in [2.24, 2.45) is 10.9 Å². The second kappa shape index (κ2) is 8.52. The molecule has 1 fully saturated rings. The Morgan fingerprint density at radius 1 is 1.29 bits per heavy atom. The SMILES string of the molecule is CCNC(=NCc1ccc(C(C)(C)C)cc1)N(C)CC1CCOC1. The standard InChI is InChI=1S/C20H33N3O/c1-6-21-19(23(5)14-17-11-12-24-15-17)22-13-16-7-9-18(10-8-16)20(2,3)4/h7-10,17H,6,11-15H2,1-5H3,(H,21,22). The lowest BCUT2D eigenvalue weighted by Gasteiger charge is -2.24. The van der Waals surface area contributed by atoms with Gasteiger partial charge in [-0.3, -0.25) is 0 Å². The third-order valence-corrected chi connectivity index (χ3v) is 4.48. The third kappa shape index (κ3) is 5.52. The zero-order chi connectivity index (χ0) is 17.6. The summed E-state index contributed by atoms with van der Waals surface area (Å²) >= 11 is 0. The van der Waals surface area contributed by atoms with Crippen LogP contribution in [0.5, 0.6) is 0 Å². The van der Waals surface area contributed by atoms with E-state index in [9.17, 15) is 0 Å². The summed E-state index contributed by atoms with van der Waals surface area (Å²) in [5, 5.41) is 3.40. The minimum atomic E-state index is 0.195. The van der Waals surface area contributed by atoms with Crippen LogP contribution in [0.15, 0.2) is 29.3 Å². The van der Waals surface area contributed by atoms with Crippen LogP contribution in [0.3, 0.4) is 0 Å². The monoisotopic (exact) mass is 331 g/mol. The molecule has 1 heterocycles. The molecule has 0 aromatic heterocycles. The highest BCUT2D eigenvalue weighted by Crippen LogP contribution is 2.22. The topological polar surface area (TPSA) is 36.9 Å². The van der Waals surface area contributed by atoms with Gasteiger partial charge in [-0.05, 0) is 29.9 Å². The predicted molar refractivity (Wildman–Crippen MR) is 102 cm³/mol. The van der Waals surface area contributed by atoms with Gasteiger partial charge in [0.25, 0.3) is 0 Å². The van der Waals surface area contributed by atoms with Crippen molar-refractivity contribution < 1.29 is 4.74 Å². The summed E-state index contributed by atoms with van der Waals surface area (Å²) in [6.07, 6.45) is 1.15. The molecule has 1 aliphatic heterocycles. The molecule has 1 aliphatic rings. The van der Waals surface area contributed by atoms with E-state index < -0.39 is 0 Å². The fraction of sp³-hybridized carbons (Fsp3) is 0.650. The smallest absolute Gasteiger partial charge is 0.193 e. The van der Waals surface area contributed by atoms with Gasteiger partial charge in [0.1, 0.15) is 0 Å². The van der Waals surface area contributed by atoms with E-state index in [-0.39, 0.29) is 5.41 Å². The Balaban J connectivity index is 1.99. The van der Waals surface area contributed by atoms with Crippen molar-refractivity contribution in [3.05, 3.63) is 35.4 Å². The molecule has 1 atom stereocenters. The zero-order valence-corrected chi connectivity index (χ0v) is 15.9. The summed E-state index contributed by atoms with van der Waals surface area (Å²) in [6, 6.07) is 8.83. The van der Waals surface area contributed by atoms with Gasteiger partial charge in [0.2, 0.25) is 0 Å². The average molecular weight is 332 g/mol. The number of hydrogen-bond donors (Lipinski definition) is 1. The largest absolute Gasteiger partial charge is 0.381 e. The van der Waals surface area contributed by atoms with Crippen LogP contribution in [0, 0.1) is 5.92 Å². The van der Waals surface area contributed by atoms with E-state index in [2.05, 4.69) is 69.2 Å². The first-order valence-corrected chi connectivity index (χ1v) is 9.06. The maximum absolute atomic E-state index is 5.48. The van der Waals surface area contributed by atoms with E-state index in [0.29, 0.717) is 12.5 Å². The molecular weight excluding hydrogens is 298 g/mol. The number of hydrogen-bond acceptors (Lipinski definition) is 2. The number of guanidine groups is 1. The molecule has 0 aliphatic carbocycles. The fourth-order valence-corrected chi connectivity index (χ4v) is 2.95. The molecular formula is C20H33N3O. The molecule has 134 valence electrons. The molecule has 4 nitrogen and oxygen atoms in total. The molecule has 1 unspecified atom stereocenters. The molecule has 1 aromatic carbocycles. The second-order valence-electron chi connectivity index (χ2n) is 7.73. The Bertz CT molecular complexity index is 525. The van der Waals surface area contributed by atoms with Crippen molar-refractivity contribution in [2.45, 2.75) is 46.1 Å². The van der Waals surface area contributed by atoms with Crippen molar-refractivity contribution in [1.82, 2.24) is 10.2 Å². The summed E-state index contributed by atoms with van der Waals surface area (Å²) in [6.45, 7) is 13.2. The Morgan fingerprint density at radius 2 is 2.00 bits per heavy atom. The van der Waals surface area contributed by atoms with Crippen molar-refractivity contribution in [3.63, 3.8) is 0 Å². The lowest BCUT2D eigenvalue weighted by molar-refractivity contribution is 0.181. The first-order chi connectivity index (χ1) is 11.4. The van der Waals surface area contributed by atoms with Crippen LogP contribution >= 0.6 is 0 Å². The van der Waals surface area contributed by atoms with Gasteiger partial charge in [-0.15, -0.1) is 0 Å². The number of rotatable bonds is 5. The van der Waals surface area contributed by atoms with E-state index in [1.54, 1.807) is 0 Å². The van der Waals surface area contributed by atoms with E-state index in [1.807, 2.05) is 0 Å². The lowest BCUT2D eigenvalue weighted by Crippen LogP contribution is -2.41. The number of nitrogens with zero attached hydrogens (tertiary/aromatic N) is 2. The predicted octanol–water partition coefficient (Wildman–Crippen LogP) is 3.42. The first kappa shape index (κ1) is 18.8. The van der Waals surface area contributed by atoms with E-state index in [4.69, 9.17) is 9.73 Å². The summed E-state index contributed by atoms with van der Waals surface area (Å²) in [4.78, 5) is 7.04. The summed E-state index contributed by atoms with van der Waals surface area (Å²) in [5.41, 5.74) is 2.80. The Morgan fingerprint density at radius 3 is 2.54 bits per heavy atom. The minimum Gasteiger partial charge on any atom is -0.381 e. The maximum Gasteiger partial charge on any atom is 0.193 e. The highest BCUT2D eigenvalue weighted by molar-refractivity contribution is 5.79. The van der Waals surface area contributed by atoms with Gasteiger partial charge >= 0.3 is 0 Å². The second-order valence-corrected chi connectivity index (χ2v) is 7.73. The highest BCUT2D eigenvalue weighted by atomic mass is 16.5. The lowest BCUT2D eigenvalue weighted by atomic mass is 9.87. The van der Waals surface area contributed by atoms with E-state index in [1.165, 1.54) is 11.1 Å². The third-order valence-electron chi connectivity index (χ3n) is 4.48. The van der Waals surface area contributed by atoms with E-state index in [0.717, 1.165) is 38.7 Å². The van der Waals surface area contributed by atoms with Gasteiger partial charge in [-0.25, -0.2) is 4.99 Å². The number of ether oxygens (including phenoxy) is 1. The molecule has 1 saturated heterocycles. The quantitative estimate of drug-likeness (QED) is 0.663. The molecule has 0 amide bonds. The first-order valence-electron chi connectivity index (χ1n) is 9.06. The minimum absolute atomic E-state index is 0.195. The van der Waals surface area contributed by atoms with Gasteiger partial charge < -0.3 is 15.0 Å². The molecule has 24 heavy (non-hydrogen) atoms. The van der Waals surface area contributed by atoms with Gasteiger partial charge in [0, 0.05) is 32.7 Å². The highest BCUT2D eigenvalue weighted by Gasteiger charge is 2.19. The maximum atomic E-state index is 5.48. The Hall–Kier alpha value is -1.55. The number of aliphatic imine (C=N–C) groups is 1. The van der Waals surface area contributed by atoms with Crippen LogP contribution in [0.1, 0.15) is 45.2 Å². The molecule has 0 saturated carbocycles. The molecule has 1 aromatic rings. The van der Waals surface area contributed by atoms with Crippen LogP contribution in [-0.2, 0) is 16.7 Å². The molecule has 0 radical (unpaired) electrons. The normalized spacial score (nSPS) is 18.7. The molecule has 4 heteroatoms. The Labute approximate surface area is 147 Å². The van der Waals surface area contributed by atoms with Crippen LogP contribution in [0.2, 0.25) is 0 Å². The molecule has 0 spiro atoms. The fourth-order valence-electron chi connectivity index (χ4n) is 2.95. The van der Waals surface area contributed by atoms with Crippen molar-refractivity contribution in [2.75, 3.05) is 33.4 Å². The van der Waals surface area contributed by atoms with Gasteiger partial charge in [-0.1, -0.05) is 45.0 Å². The van der Waals surface area contributed by atoms with E-state index >= 15 is 0 Å². The van der Waals surface area contributed by atoms with Crippen LogP contribution in [0.4, 0.5) is 0 Å². The van der Waals surface area contributed by atoms with Crippen molar-refractivity contribution in [1.29, 1.82) is 0 Å². The summed E-state index contributed by atoms with van der Waals surface area (Å²) < 4.78 is 5.48. The Kier molecular flexibility index (Phi) is 6.67. The van der Waals surface area contributed by atoms with Gasteiger partial charge in [-0.2, -0.15) is 0 Å². The van der Waals surface area contributed by atoms with Gasteiger partial charge in [0.15, 0.2) is 5.96 Å². The molecule has 0 bridgehead atoms. The zero-order valence-electron chi connectivity index (χ0n) is 15.9.